The van der Waals surface area contributed by atoms with Crippen molar-refractivity contribution in [1.82, 2.24) is 4.90 Å². The van der Waals surface area contributed by atoms with Crippen molar-refractivity contribution in [2.24, 2.45) is 5.92 Å². The molecule has 132 valence electrons. The number of rotatable bonds is 5. The maximum absolute atomic E-state index is 12.5. The van der Waals surface area contributed by atoms with E-state index in [2.05, 4.69) is 29.2 Å². The number of piperidine rings is 3. The van der Waals surface area contributed by atoms with Gasteiger partial charge in [-0.25, -0.2) is 0 Å². The number of halogens is 1. The largest absolute Gasteiger partial charge is 0.489 e. The zero-order chi connectivity index (χ0) is 16.4. The molecule has 5 rings (SSSR count). The monoisotopic (exact) mass is 357 g/mol. The third-order valence-electron chi connectivity index (χ3n) is 5.30. The molecule has 3 nitrogen and oxygen atoms in total. The van der Waals surface area contributed by atoms with Crippen LogP contribution in [0.25, 0.3) is 0 Å². The lowest BCUT2D eigenvalue weighted by atomic mass is 9.80. The lowest BCUT2D eigenvalue weighted by molar-refractivity contribution is -0.136. The van der Waals surface area contributed by atoms with Crippen LogP contribution in [0.15, 0.2) is 54.6 Å². The number of carbonyl (C=O) groups is 1. The molecule has 0 saturated carbocycles. The van der Waals surface area contributed by atoms with Crippen molar-refractivity contribution in [3.05, 3.63) is 65.7 Å². The second-order valence-corrected chi connectivity index (χ2v) is 6.85. The third kappa shape index (κ3) is 4.05. The third-order valence-corrected chi connectivity index (χ3v) is 5.30. The Balaban J connectivity index is 0.00000182. The average Bonchev–Trinajstić information content (AvgIpc) is 2.65. The van der Waals surface area contributed by atoms with E-state index in [-0.39, 0.29) is 18.4 Å². The Kier molecular flexibility index (Phi) is 5.77. The molecule has 25 heavy (non-hydrogen) atoms. The van der Waals surface area contributed by atoms with Crippen LogP contribution in [-0.4, -0.2) is 29.8 Å². The molecule has 3 aliphatic heterocycles. The number of nitrogens with zero attached hydrogens (tertiary/aromatic N) is 1. The minimum absolute atomic E-state index is 0. The van der Waals surface area contributed by atoms with Crippen molar-refractivity contribution in [2.75, 3.05) is 13.1 Å². The Morgan fingerprint density at radius 1 is 0.920 bits per heavy atom. The minimum Gasteiger partial charge on any atom is -0.489 e. The van der Waals surface area contributed by atoms with E-state index in [1.165, 1.54) is 11.1 Å². The second kappa shape index (κ2) is 8.03. The predicted molar refractivity (Wildman–Crippen MR) is 101 cm³/mol. The molecular formula is C21H24ClNO2. The summed E-state index contributed by atoms with van der Waals surface area (Å²) in [6.45, 7) is 2.75. The van der Waals surface area contributed by atoms with E-state index in [0.717, 1.165) is 38.1 Å². The molecule has 0 amide bonds. The fourth-order valence-corrected chi connectivity index (χ4v) is 3.86. The van der Waals surface area contributed by atoms with Gasteiger partial charge in [0.1, 0.15) is 12.4 Å². The summed E-state index contributed by atoms with van der Waals surface area (Å²) in [5.41, 5.74) is 2.38. The zero-order valence-corrected chi connectivity index (χ0v) is 15.1. The van der Waals surface area contributed by atoms with Gasteiger partial charge in [-0.3, -0.25) is 9.69 Å². The molecule has 2 bridgehead atoms. The molecule has 2 aromatic carbocycles. The lowest BCUT2D eigenvalue weighted by Crippen LogP contribution is -2.56. The van der Waals surface area contributed by atoms with Gasteiger partial charge < -0.3 is 4.74 Å². The lowest BCUT2D eigenvalue weighted by Gasteiger charge is -2.44. The topological polar surface area (TPSA) is 29.5 Å². The Bertz CT molecular complexity index is 694. The van der Waals surface area contributed by atoms with Gasteiger partial charge in [0.15, 0.2) is 5.78 Å². The van der Waals surface area contributed by atoms with Gasteiger partial charge in [-0.2, -0.15) is 0 Å². The van der Waals surface area contributed by atoms with Gasteiger partial charge in [0, 0.05) is 5.92 Å². The highest BCUT2D eigenvalue weighted by atomic mass is 35.5. The molecule has 3 saturated heterocycles. The zero-order valence-electron chi connectivity index (χ0n) is 14.3. The van der Waals surface area contributed by atoms with Gasteiger partial charge in [-0.05, 0) is 55.6 Å². The predicted octanol–water partition coefficient (Wildman–Crippen LogP) is 3.89. The molecular weight excluding hydrogens is 334 g/mol. The summed E-state index contributed by atoms with van der Waals surface area (Å²) < 4.78 is 5.83. The minimum atomic E-state index is 0. The Hall–Kier alpha value is -1.84. The summed E-state index contributed by atoms with van der Waals surface area (Å²) >= 11 is 0. The molecule has 0 N–H and O–H groups in total. The Labute approximate surface area is 155 Å². The number of fused-ring (bicyclic) bond motifs is 3. The number of carbonyl (C=O) groups excluding carboxylic acids is 1. The molecule has 0 aliphatic carbocycles. The number of hydrogen-bond donors (Lipinski definition) is 0. The van der Waals surface area contributed by atoms with E-state index in [1.54, 1.807) is 0 Å². The average molecular weight is 358 g/mol. The summed E-state index contributed by atoms with van der Waals surface area (Å²) in [6.07, 6.45) is 2.94. The van der Waals surface area contributed by atoms with Gasteiger partial charge in [0.25, 0.3) is 0 Å². The van der Waals surface area contributed by atoms with Crippen molar-refractivity contribution in [2.45, 2.75) is 31.9 Å². The molecule has 3 heterocycles. The summed E-state index contributed by atoms with van der Waals surface area (Å²) in [6, 6.07) is 18.5. The number of ketones is 1. The fourth-order valence-electron chi connectivity index (χ4n) is 3.86. The molecule has 0 spiro atoms. The Morgan fingerprint density at radius 3 is 2.24 bits per heavy atom. The molecule has 2 aromatic rings. The van der Waals surface area contributed by atoms with E-state index >= 15 is 0 Å². The fraction of sp³-hybridized carbons (Fsp3) is 0.381. The quantitative estimate of drug-likeness (QED) is 0.813. The molecule has 0 radical (unpaired) electrons. The van der Waals surface area contributed by atoms with Crippen LogP contribution in [0.3, 0.4) is 0 Å². The maximum Gasteiger partial charge on any atom is 0.153 e. The SMILES string of the molecule is Cl.O=C1C2CCN(CC2)C1Cc1ccc(OCc2ccccc2)cc1. The van der Waals surface area contributed by atoms with Crippen LogP contribution in [0.4, 0.5) is 0 Å². The van der Waals surface area contributed by atoms with Crippen LogP contribution in [0.2, 0.25) is 0 Å². The molecule has 1 unspecified atom stereocenters. The number of benzene rings is 2. The van der Waals surface area contributed by atoms with E-state index in [9.17, 15) is 4.79 Å². The number of Topliss-reactive ketones (excluding diaryl/α,β-unsaturated/α-hetero) is 1. The van der Waals surface area contributed by atoms with Crippen LogP contribution in [0.1, 0.15) is 24.0 Å². The highest BCUT2D eigenvalue weighted by Crippen LogP contribution is 2.30. The Morgan fingerprint density at radius 2 is 1.60 bits per heavy atom. The van der Waals surface area contributed by atoms with Gasteiger partial charge >= 0.3 is 0 Å². The first kappa shape index (κ1) is 18.0. The molecule has 0 aromatic heterocycles. The summed E-state index contributed by atoms with van der Waals surface area (Å²) in [4.78, 5) is 14.8. The molecule has 3 fully saturated rings. The first-order valence-electron chi connectivity index (χ1n) is 8.83. The van der Waals surface area contributed by atoms with Crippen molar-refractivity contribution in [1.29, 1.82) is 0 Å². The molecule has 4 heteroatoms. The van der Waals surface area contributed by atoms with E-state index < -0.39 is 0 Å². The van der Waals surface area contributed by atoms with E-state index in [0.29, 0.717) is 18.3 Å². The number of hydrogen-bond acceptors (Lipinski definition) is 3. The highest BCUT2D eigenvalue weighted by Gasteiger charge is 2.40. The van der Waals surface area contributed by atoms with E-state index in [4.69, 9.17) is 4.74 Å². The highest BCUT2D eigenvalue weighted by molar-refractivity contribution is 5.88. The maximum atomic E-state index is 12.5. The van der Waals surface area contributed by atoms with Crippen molar-refractivity contribution < 1.29 is 9.53 Å². The van der Waals surface area contributed by atoms with Crippen LogP contribution in [0, 0.1) is 5.92 Å². The van der Waals surface area contributed by atoms with Crippen LogP contribution < -0.4 is 4.74 Å². The van der Waals surface area contributed by atoms with E-state index in [1.807, 2.05) is 30.3 Å². The van der Waals surface area contributed by atoms with Gasteiger partial charge in [-0.15, -0.1) is 12.4 Å². The molecule has 1 atom stereocenters. The first-order valence-corrected chi connectivity index (χ1v) is 8.83. The first-order chi connectivity index (χ1) is 11.8. The van der Waals surface area contributed by atoms with Gasteiger partial charge in [-0.1, -0.05) is 42.5 Å². The van der Waals surface area contributed by atoms with Crippen LogP contribution in [-0.2, 0) is 17.8 Å². The normalized spacial score (nSPS) is 24.6. The standard InChI is InChI=1S/C21H23NO2.ClH/c23-21-18-10-12-22(13-11-18)20(21)14-16-6-8-19(9-7-16)24-15-17-4-2-1-3-5-17;/h1-9,18,20H,10-15H2;1H. The van der Waals surface area contributed by atoms with Crippen molar-refractivity contribution in [3.8, 4) is 5.75 Å². The van der Waals surface area contributed by atoms with Crippen molar-refractivity contribution >= 4 is 18.2 Å². The second-order valence-electron chi connectivity index (χ2n) is 6.85. The van der Waals surface area contributed by atoms with Crippen molar-refractivity contribution in [3.63, 3.8) is 0 Å². The summed E-state index contributed by atoms with van der Waals surface area (Å²) in [5, 5.41) is 0. The van der Waals surface area contributed by atoms with Crippen LogP contribution in [0.5, 0.6) is 5.75 Å². The van der Waals surface area contributed by atoms with Gasteiger partial charge in [0.2, 0.25) is 0 Å². The summed E-state index contributed by atoms with van der Waals surface area (Å²) in [7, 11) is 0. The molecule has 3 aliphatic rings. The summed E-state index contributed by atoms with van der Waals surface area (Å²) in [5.74, 6) is 1.64. The van der Waals surface area contributed by atoms with Gasteiger partial charge in [0.05, 0.1) is 6.04 Å². The number of ether oxygens (including phenoxy) is 1. The smallest absolute Gasteiger partial charge is 0.153 e. The van der Waals surface area contributed by atoms with Crippen LogP contribution >= 0.6 is 12.4 Å².